The Morgan fingerprint density at radius 3 is 2.60 bits per heavy atom. The molecule has 82 valence electrons. The lowest BCUT2D eigenvalue weighted by Gasteiger charge is -2.19. The number of aliphatic hydroxyl groups excluding tert-OH is 1. The van der Waals surface area contributed by atoms with Gasteiger partial charge in [-0.05, 0) is 6.92 Å². The number of aromatic carboxylic acids is 1. The van der Waals surface area contributed by atoms with Crippen molar-refractivity contribution >= 4 is 11.8 Å². The number of carbonyl (C=O) groups is 1. The molecule has 1 aromatic heterocycles. The number of carboxylic acids is 1. The predicted molar refractivity (Wildman–Crippen MR) is 54.0 cm³/mol. The normalized spacial score (nSPS) is 10.0. The third kappa shape index (κ3) is 2.88. The highest BCUT2D eigenvalue weighted by Gasteiger charge is 2.08. The first-order valence-corrected chi connectivity index (χ1v) is 4.60. The van der Waals surface area contributed by atoms with Crippen molar-refractivity contribution in [1.82, 2.24) is 9.97 Å². The average molecular weight is 211 g/mol. The van der Waals surface area contributed by atoms with Crippen LogP contribution in [0.15, 0.2) is 12.4 Å². The molecular formula is C9H13N3O3. The number of likely N-dealkylation sites (N-methyl/N-ethyl adjacent to an activating group) is 1. The SMILES string of the molecule is CCN(CCO)c1cnc(C(=O)O)cn1. The van der Waals surface area contributed by atoms with Crippen LogP contribution in [0.25, 0.3) is 0 Å². The maximum atomic E-state index is 10.5. The van der Waals surface area contributed by atoms with Crippen LogP contribution in [0.3, 0.4) is 0 Å². The minimum Gasteiger partial charge on any atom is -0.476 e. The Kier molecular flexibility index (Phi) is 3.99. The summed E-state index contributed by atoms with van der Waals surface area (Å²) < 4.78 is 0. The van der Waals surface area contributed by atoms with Crippen LogP contribution in [0.2, 0.25) is 0 Å². The van der Waals surface area contributed by atoms with Gasteiger partial charge >= 0.3 is 5.97 Å². The number of aromatic nitrogens is 2. The highest BCUT2D eigenvalue weighted by molar-refractivity contribution is 5.84. The molecule has 0 unspecified atom stereocenters. The van der Waals surface area contributed by atoms with E-state index in [1.54, 1.807) is 4.90 Å². The molecule has 0 aromatic carbocycles. The van der Waals surface area contributed by atoms with Crippen molar-refractivity contribution in [2.24, 2.45) is 0 Å². The summed E-state index contributed by atoms with van der Waals surface area (Å²) >= 11 is 0. The molecule has 6 nitrogen and oxygen atoms in total. The Hall–Kier alpha value is -1.69. The average Bonchev–Trinajstić information content (AvgIpc) is 2.26. The molecule has 1 aromatic rings. The van der Waals surface area contributed by atoms with Gasteiger partial charge in [-0.3, -0.25) is 0 Å². The van der Waals surface area contributed by atoms with Crippen molar-refractivity contribution in [3.63, 3.8) is 0 Å². The second-order valence-electron chi connectivity index (χ2n) is 2.87. The third-order valence-electron chi connectivity index (χ3n) is 1.93. The molecule has 0 atom stereocenters. The third-order valence-corrected chi connectivity index (χ3v) is 1.93. The second kappa shape index (κ2) is 5.26. The summed E-state index contributed by atoms with van der Waals surface area (Å²) in [7, 11) is 0. The van der Waals surface area contributed by atoms with Crippen LogP contribution in [0, 0.1) is 0 Å². The Bertz CT molecular complexity index is 326. The number of carboxylic acid groups (broad SMARTS) is 1. The minimum atomic E-state index is -1.10. The van der Waals surface area contributed by atoms with Gasteiger partial charge in [0.1, 0.15) is 5.82 Å². The fourth-order valence-electron chi connectivity index (χ4n) is 1.15. The monoisotopic (exact) mass is 211 g/mol. The molecule has 0 saturated carbocycles. The van der Waals surface area contributed by atoms with E-state index in [4.69, 9.17) is 10.2 Å². The molecule has 0 saturated heterocycles. The van der Waals surface area contributed by atoms with Crippen molar-refractivity contribution in [2.75, 3.05) is 24.6 Å². The first-order chi connectivity index (χ1) is 7.19. The summed E-state index contributed by atoms with van der Waals surface area (Å²) in [5, 5.41) is 17.4. The topological polar surface area (TPSA) is 86.5 Å². The van der Waals surface area contributed by atoms with Gasteiger partial charge in [-0.25, -0.2) is 14.8 Å². The molecule has 1 heterocycles. The zero-order chi connectivity index (χ0) is 11.3. The van der Waals surface area contributed by atoms with Crippen molar-refractivity contribution in [3.05, 3.63) is 18.1 Å². The Morgan fingerprint density at radius 1 is 1.47 bits per heavy atom. The molecule has 2 N–H and O–H groups in total. The molecule has 0 aliphatic heterocycles. The van der Waals surface area contributed by atoms with Crippen LogP contribution in [-0.4, -0.2) is 45.8 Å². The van der Waals surface area contributed by atoms with Gasteiger partial charge in [-0.15, -0.1) is 0 Å². The van der Waals surface area contributed by atoms with Gasteiger partial charge in [0.25, 0.3) is 0 Å². The molecule has 0 aliphatic carbocycles. The maximum absolute atomic E-state index is 10.5. The fraction of sp³-hybridized carbons (Fsp3) is 0.444. The number of hydrogen-bond donors (Lipinski definition) is 2. The van der Waals surface area contributed by atoms with Gasteiger partial charge in [0.2, 0.25) is 0 Å². The predicted octanol–water partition coefficient (Wildman–Crippen LogP) is -0.00660. The summed E-state index contributed by atoms with van der Waals surface area (Å²) in [4.78, 5) is 20.0. The first kappa shape index (κ1) is 11.4. The maximum Gasteiger partial charge on any atom is 0.356 e. The van der Waals surface area contributed by atoms with Crippen LogP contribution in [-0.2, 0) is 0 Å². The smallest absolute Gasteiger partial charge is 0.356 e. The largest absolute Gasteiger partial charge is 0.476 e. The molecule has 15 heavy (non-hydrogen) atoms. The highest BCUT2D eigenvalue weighted by atomic mass is 16.4. The standard InChI is InChI=1S/C9H13N3O3/c1-2-12(3-4-13)8-6-10-7(5-11-8)9(14)15/h5-6,13H,2-4H2,1H3,(H,14,15). The van der Waals surface area contributed by atoms with Gasteiger partial charge in [0.05, 0.1) is 19.0 Å². The minimum absolute atomic E-state index is 0.0240. The van der Waals surface area contributed by atoms with Crippen LogP contribution in [0.5, 0.6) is 0 Å². The summed E-state index contributed by atoms with van der Waals surface area (Å²) in [6, 6.07) is 0. The van der Waals surface area contributed by atoms with Crippen LogP contribution >= 0.6 is 0 Å². The number of rotatable bonds is 5. The molecule has 0 bridgehead atoms. The molecule has 0 amide bonds. The molecule has 0 fully saturated rings. The fourth-order valence-corrected chi connectivity index (χ4v) is 1.15. The number of hydrogen-bond acceptors (Lipinski definition) is 5. The molecule has 6 heteroatoms. The Morgan fingerprint density at radius 2 is 2.20 bits per heavy atom. The molecule has 0 aliphatic rings. The molecule has 0 radical (unpaired) electrons. The summed E-state index contributed by atoms with van der Waals surface area (Å²) in [5.74, 6) is -0.532. The summed E-state index contributed by atoms with van der Waals surface area (Å²) in [6.45, 7) is 3.08. The quantitative estimate of drug-likeness (QED) is 0.712. The zero-order valence-corrected chi connectivity index (χ0v) is 8.42. The van der Waals surface area contributed by atoms with Gasteiger partial charge in [-0.2, -0.15) is 0 Å². The number of aliphatic hydroxyl groups is 1. The van der Waals surface area contributed by atoms with E-state index >= 15 is 0 Å². The van der Waals surface area contributed by atoms with Crippen LogP contribution < -0.4 is 4.90 Å². The van der Waals surface area contributed by atoms with E-state index in [1.807, 2.05) is 6.92 Å². The van der Waals surface area contributed by atoms with E-state index in [-0.39, 0.29) is 12.3 Å². The molecule has 0 spiro atoms. The van der Waals surface area contributed by atoms with Crippen molar-refractivity contribution in [2.45, 2.75) is 6.92 Å². The van der Waals surface area contributed by atoms with Gasteiger partial charge in [0, 0.05) is 13.1 Å². The lowest BCUT2D eigenvalue weighted by atomic mass is 10.4. The van der Waals surface area contributed by atoms with Crippen molar-refractivity contribution in [3.8, 4) is 0 Å². The highest BCUT2D eigenvalue weighted by Crippen LogP contribution is 2.07. The van der Waals surface area contributed by atoms with Gasteiger partial charge in [0.15, 0.2) is 5.69 Å². The van der Waals surface area contributed by atoms with E-state index < -0.39 is 5.97 Å². The molecular weight excluding hydrogens is 198 g/mol. The van der Waals surface area contributed by atoms with Gasteiger partial charge in [-0.1, -0.05) is 0 Å². The zero-order valence-electron chi connectivity index (χ0n) is 8.42. The number of anilines is 1. The summed E-state index contributed by atoms with van der Waals surface area (Å²) in [6.07, 6.45) is 2.60. The van der Waals surface area contributed by atoms with Crippen LogP contribution in [0.1, 0.15) is 17.4 Å². The summed E-state index contributed by atoms with van der Waals surface area (Å²) in [5.41, 5.74) is -0.0844. The first-order valence-electron chi connectivity index (χ1n) is 4.60. The van der Waals surface area contributed by atoms with E-state index in [2.05, 4.69) is 9.97 Å². The lowest BCUT2D eigenvalue weighted by Crippen LogP contribution is -2.27. The lowest BCUT2D eigenvalue weighted by molar-refractivity contribution is 0.0690. The number of nitrogens with zero attached hydrogens (tertiary/aromatic N) is 3. The van der Waals surface area contributed by atoms with E-state index in [1.165, 1.54) is 12.4 Å². The van der Waals surface area contributed by atoms with Crippen molar-refractivity contribution in [1.29, 1.82) is 0 Å². The van der Waals surface area contributed by atoms with E-state index in [9.17, 15) is 4.79 Å². The van der Waals surface area contributed by atoms with Gasteiger partial charge < -0.3 is 15.1 Å². The second-order valence-corrected chi connectivity index (χ2v) is 2.87. The van der Waals surface area contributed by atoms with Crippen LogP contribution in [0.4, 0.5) is 5.82 Å². The van der Waals surface area contributed by atoms with Crippen molar-refractivity contribution < 1.29 is 15.0 Å². The van der Waals surface area contributed by atoms with E-state index in [0.717, 1.165) is 0 Å². The Balaban J connectivity index is 2.81. The molecule has 1 rings (SSSR count). The Labute approximate surface area is 87.2 Å². The van der Waals surface area contributed by atoms with E-state index in [0.29, 0.717) is 18.9 Å².